The third kappa shape index (κ3) is 6.97. The maximum atomic E-state index is 11.1. The molecule has 0 bridgehead atoms. The van der Waals surface area contributed by atoms with Gasteiger partial charge in [-0.3, -0.25) is 0 Å². The highest BCUT2D eigenvalue weighted by Gasteiger charge is 2.50. The normalized spacial score (nSPS) is 34.0. The molecule has 0 spiro atoms. The van der Waals surface area contributed by atoms with Gasteiger partial charge < -0.3 is 9.22 Å². The second-order valence-corrected chi connectivity index (χ2v) is 26.0. The minimum atomic E-state index is -2.31. The van der Waals surface area contributed by atoms with Crippen molar-refractivity contribution in [1.29, 1.82) is 0 Å². The molecule has 3 rings (SSSR count). The highest BCUT2D eigenvalue weighted by molar-refractivity contribution is 6.74. The molecule has 0 saturated heterocycles. The maximum absolute atomic E-state index is 11.1. The highest BCUT2D eigenvalue weighted by atomic mass is 28.4. The molecule has 0 aromatic heterocycles. The number of hydrogen-bond donors (Lipinski definition) is 1. The Hall–Kier alpha value is -0.426. The van der Waals surface area contributed by atoms with Crippen LogP contribution in [0.2, 0.25) is 36.3 Å². The van der Waals surface area contributed by atoms with Gasteiger partial charge in [0.2, 0.25) is 0 Å². The van der Waals surface area contributed by atoms with Crippen LogP contribution in [0.5, 0.6) is 0 Å². The highest BCUT2D eigenvalue weighted by Crippen LogP contribution is 2.60. The topological polar surface area (TPSA) is 29.5 Å². The van der Waals surface area contributed by atoms with Crippen molar-refractivity contribution < 1.29 is 9.22 Å². The van der Waals surface area contributed by atoms with E-state index < -0.39 is 16.6 Å². The number of allylic oxidation sites excluding steroid dienone is 3. The predicted octanol–water partition coefficient (Wildman–Crippen LogP) is 10.8. The van der Waals surface area contributed by atoms with Crippen molar-refractivity contribution in [2.75, 3.05) is 0 Å². The van der Waals surface area contributed by atoms with E-state index in [0.29, 0.717) is 11.3 Å². The third-order valence-electron chi connectivity index (χ3n) is 12.5. The zero-order chi connectivity index (χ0) is 29.6. The minimum absolute atomic E-state index is 0.0664. The summed E-state index contributed by atoms with van der Waals surface area (Å²) in [4.78, 5) is 11.1. The zero-order valence-electron chi connectivity index (χ0n) is 28.0. The van der Waals surface area contributed by atoms with E-state index in [2.05, 4.69) is 100 Å². The largest absolute Gasteiger partial charge is 0.432 e. The fourth-order valence-corrected chi connectivity index (χ4v) is 9.79. The molecule has 0 aliphatic heterocycles. The Kier molecular flexibility index (Phi) is 9.91. The van der Waals surface area contributed by atoms with Crippen LogP contribution < -0.4 is 0 Å². The van der Waals surface area contributed by atoms with Crippen LogP contribution in [0.1, 0.15) is 113 Å². The Balaban J connectivity index is 1.92. The number of rotatable bonds is 8. The minimum Gasteiger partial charge on any atom is -0.432 e. The van der Waals surface area contributed by atoms with Crippen molar-refractivity contribution in [1.82, 2.24) is 0 Å². The van der Waals surface area contributed by atoms with Gasteiger partial charge in [0.05, 0.1) is 6.10 Å². The molecule has 4 heteroatoms. The van der Waals surface area contributed by atoms with Crippen LogP contribution in [-0.2, 0) is 4.43 Å². The summed E-state index contributed by atoms with van der Waals surface area (Å²) in [6.07, 6.45) is 16.3. The van der Waals surface area contributed by atoms with Crippen molar-refractivity contribution in [2.24, 2.45) is 29.1 Å². The molecule has 39 heavy (non-hydrogen) atoms. The monoisotopic (exact) mass is 572 g/mol. The lowest BCUT2D eigenvalue weighted by molar-refractivity contribution is 0.0961. The Morgan fingerprint density at radius 3 is 2.28 bits per heavy atom. The molecule has 0 heterocycles. The van der Waals surface area contributed by atoms with E-state index in [1.807, 2.05) is 0 Å². The van der Waals surface area contributed by atoms with Crippen LogP contribution in [0.4, 0.5) is 0 Å². The maximum Gasteiger partial charge on any atom is 0.192 e. The van der Waals surface area contributed by atoms with E-state index in [1.165, 1.54) is 49.7 Å². The van der Waals surface area contributed by atoms with E-state index >= 15 is 0 Å². The standard InChI is InChI=1S/C35H64O2Si2/c1-14-25(2)30-19-20-31-28(16-15-21-35(30,31)9)18-17-27-22-29(24-34(7,8)38(10,11)36)26(3)32(23-27)37-39(12,13)33(4,5)6/h17-18,25,29-32,36H,3,14-16,19-24H2,1-2,4-13H3/b27-17+,28-18+/t25-,29-,30+,31-,32+,35+/m0/s1. The van der Waals surface area contributed by atoms with Crippen LogP contribution in [0.25, 0.3) is 0 Å². The molecule has 0 aromatic rings. The molecule has 0 aromatic carbocycles. The van der Waals surface area contributed by atoms with Crippen molar-refractivity contribution >= 4 is 16.6 Å². The van der Waals surface area contributed by atoms with Gasteiger partial charge in [0.15, 0.2) is 16.6 Å². The van der Waals surface area contributed by atoms with Crippen LogP contribution in [-0.4, -0.2) is 27.5 Å². The molecular weight excluding hydrogens is 509 g/mol. The summed E-state index contributed by atoms with van der Waals surface area (Å²) in [5.74, 6) is 2.83. The molecule has 224 valence electrons. The molecule has 0 unspecified atom stereocenters. The van der Waals surface area contributed by atoms with E-state index in [0.717, 1.165) is 37.0 Å². The molecular formula is C35H64O2Si2. The van der Waals surface area contributed by atoms with Gasteiger partial charge in [0.1, 0.15) is 0 Å². The summed E-state index contributed by atoms with van der Waals surface area (Å²) < 4.78 is 7.07. The van der Waals surface area contributed by atoms with E-state index in [1.54, 1.807) is 5.57 Å². The van der Waals surface area contributed by atoms with Gasteiger partial charge in [0, 0.05) is 0 Å². The average molecular weight is 573 g/mol. The van der Waals surface area contributed by atoms with Crippen molar-refractivity contribution in [3.63, 3.8) is 0 Å². The summed E-state index contributed by atoms with van der Waals surface area (Å²) in [6, 6.07) is 0. The van der Waals surface area contributed by atoms with Gasteiger partial charge in [-0.1, -0.05) is 91.7 Å². The Labute approximate surface area is 245 Å². The Morgan fingerprint density at radius 1 is 1.08 bits per heavy atom. The van der Waals surface area contributed by atoms with Crippen LogP contribution in [0, 0.1) is 29.1 Å². The summed E-state index contributed by atoms with van der Waals surface area (Å²) in [7, 11) is -4.25. The van der Waals surface area contributed by atoms with Crippen molar-refractivity contribution in [2.45, 2.75) is 156 Å². The van der Waals surface area contributed by atoms with Crippen LogP contribution >= 0.6 is 0 Å². The summed E-state index contributed by atoms with van der Waals surface area (Å²) in [6.45, 7) is 32.6. The second kappa shape index (κ2) is 11.7. The lowest BCUT2D eigenvalue weighted by Gasteiger charge is -2.45. The van der Waals surface area contributed by atoms with E-state index in [4.69, 9.17) is 4.43 Å². The average Bonchev–Trinajstić information content (AvgIpc) is 3.15. The lowest BCUT2D eigenvalue weighted by atomic mass is 9.61. The molecule has 3 aliphatic carbocycles. The van der Waals surface area contributed by atoms with Crippen molar-refractivity contribution in [3.05, 3.63) is 35.5 Å². The lowest BCUT2D eigenvalue weighted by Crippen LogP contribution is -2.46. The van der Waals surface area contributed by atoms with Gasteiger partial charge in [0.25, 0.3) is 0 Å². The van der Waals surface area contributed by atoms with Gasteiger partial charge in [-0.15, -0.1) is 0 Å². The zero-order valence-corrected chi connectivity index (χ0v) is 30.0. The van der Waals surface area contributed by atoms with Gasteiger partial charge in [-0.05, 0) is 122 Å². The molecule has 6 atom stereocenters. The molecule has 0 radical (unpaired) electrons. The smallest absolute Gasteiger partial charge is 0.192 e. The molecule has 0 amide bonds. The third-order valence-corrected chi connectivity index (χ3v) is 20.5. The number of fused-ring (bicyclic) bond motifs is 1. The molecule has 3 aliphatic rings. The van der Waals surface area contributed by atoms with E-state index in [9.17, 15) is 4.80 Å². The molecule has 1 N–H and O–H groups in total. The molecule has 3 fully saturated rings. The quantitative estimate of drug-likeness (QED) is 0.231. The first kappa shape index (κ1) is 33.1. The fourth-order valence-electron chi connectivity index (χ4n) is 7.74. The van der Waals surface area contributed by atoms with Crippen LogP contribution in [0.3, 0.4) is 0 Å². The first-order valence-electron chi connectivity index (χ1n) is 16.2. The second-order valence-electron chi connectivity index (χ2n) is 16.7. The predicted molar refractivity (Wildman–Crippen MR) is 176 cm³/mol. The van der Waals surface area contributed by atoms with Gasteiger partial charge >= 0.3 is 0 Å². The molecule has 3 saturated carbocycles. The summed E-state index contributed by atoms with van der Waals surface area (Å²) >= 11 is 0. The Bertz CT molecular complexity index is 903. The Morgan fingerprint density at radius 2 is 1.72 bits per heavy atom. The first-order chi connectivity index (χ1) is 17.7. The SMILES string of the molecule is C=C1[C@H](CC(C)(C)[Si](C)(C)O)C/C(=C\C=C2/CCC[C@]3(C)[C@@H]([C@@H](C)CC)CC[C@@H]23)C[C@H]1O[Si](C)(C)C(C)(C)C. The van der Waals surface area contributed by atoms with E-state index in [-0.39, 0.29) is 16.2 Å². The molecule has 2 nitrogen and oxygen atoms in total. The summed E-state index contributed by atoms with van der Waals surface area (Å²) in [5, 5.41) is 0.107. The number of hydrogen-bond acceptors (Lipinski definition) is 2. The van der Waals surface area contributed by atoms with Crippen molar-refractivity contribution in [3.8, 4) is 0 Å². The summed E-state index contributed by atoms with van der Waals surface area (Å²) in [5.41, 5.74) is 5.00. The fraction of sp³-hybridized carbons (Fsp3) is 0.829. The van der Waals surface area contributed by atoms with Gasteiger partial charge in [-0.2, -0.15) is 0 Å². The van der Waals surface area contributed by atoms with Crippen LogP contribution in [0.15, 0.2) is 35.5 Å². The van der Waals surface area contributed by atoms with Gasteiger partial charge in [-0.25, -0.2) is 0 Å². The first-order valence-corrected chi connectivity index (χ1v) is 22.1.